The van der Waals surface area contributed by atoms with Gasteiger partial charge in [0.2, 0.25) is 5.91 Å². The number of ether oxygens (including phenoxy) is 1. The first-order valence-electron chi connectivity index (χ1n) is 9.06. The number of unbranched alkanes of at least 4 members (excludes halogenated alkanes) is 1. The van der Waals surface area contributed by atoms with Gasteiger partial charge in [-0.15, -0.1) is 0 Å². The van der Waals surface area contributed by atoms with Crippen molar-refractivity contribution >= 4 is 23.5 Å². The third-order valence-electron chi connectivity index (χ3n) is 4.18. The second-order valence-electron chi connectivity index (χ2n) is 6.19. The van der Waals surface area contributed by atoms with E-state index in [-0.39, 0.29) is 12.0 Å². The Bertz CT molecular complexity index is 554. The molecule has 1 fully saturated rings. The SMILES string of the molecule is CCCCC(=O)Nc1ccc(NC2CCN(C(=O)OCC)CC2)cn1. The van der Waals surface area contributed by atoms with Crippen molar-refractivity contribution < 1.29 is 14.3 Å². The summed E-state index contributed by atoms with van der Waals surface area (Å²) in [5.74, 6) is 0.574. The predicted molar refractivity (Wildman–Crippen MR) is 97.6 cm³/mol. The van der Waals surface area contributed by atoms with Crippen LogP contribution in [-0.2, 0) is 9.53 Å². The van der Waals surface area contributed by atoms with E-state index in [1.54, 1.807) is 17.2 Å². The minimum atomic E-state index is -0.231. The van der Waals surface area contributed by atoms with Crippen LogP contribution in [0, 0.1) is 0 Å². The van der Waals surface area contributed by atoms with Crippen LogP contribution < -0.4 is 10.6 Å². The topological polar surface area (TPSA) is 83.6 Å². The highest BCUT2D eigenvalue weighted by molar-refractivity contribution is 5.89. The van der Waals surface area contributed by atoms with Crippen molar-refractivity contribution in [3.05, 3.63) is 18.3 Å². The first-order chi connectivity index (χ1) is 12.1. The Morgan fingerprint density at radius 3 is 2.64 bits per heavy atom. The molecular weight excluding hydrogens is 320 g/mol. The number of carbonyl (C=O) groups is 2. The van der Waals surface area contributed by atoms with E-state index in [1.807, 2.05) is 13.0 Å². The van der Waals surface area contributed by atoms with Gasteiger partial charge in [-0.3, -0.25) is 4.79 Å². The van der Waals surface area contributed by atoms with Crippen molar-refractivity contribution in [3.8, 4) is 0 Å². The summed E-state index contributed by atoms with van der Waals surface area (Å²) in [7, 11) is 0. The fourth-order valence-corrected chi connectivity index (χ4v) is 2.75. The number of pyridine rings is 1. The van der Waals surface area contributed by atoms with E-state index in [4.69, 9.17) is 4.74 Å². The van der Waals surface area contributed by atoms with E-state index < -0.39 is 0 Å². The minimum absolute atomic E-state index is 0.00129. The predicted octanol–water partition coefficient (Wildman–Crippen LogP) is 3.24. The molecule has 2 heterocycles. The molecular formula is C18H28N4O3. The van der Waals surface area contributed by atoms with Crippen molar-refractivity contribution in [2.75, 3.05) is 30.3 Å². The van der Waals surface area contributed by atoms with E-state index in [1.165, 1.54) is 0 Å². The van der Waals surface area contributed by atoms with Crippen LogP contribution >= 0.6 is 0 Å². The van der Waals surface area contributed by atoms with E-state index in [0.29, 0.717) is 38.0 Å². The second kappa shape index (κ2) is 9.86. The van der Waals surface area contributed by atoms with Crippen molar-refractivity contribution in [3.63, 3.8) is 0 Å². The molecule has 0 aromatic carbocycles. The van der Waals surface area contributed by atoms with E-state index >= 15 is 0 Å². The van der Waals surface area contributed by atoms with Crippen molar-refractivity contribution in [1.29, 1.82) is 0 Å². The molecule has 7 heteroatoms. The van der Waals surface area contributed by atoms with Crippen LogP contribution in [0.3, 0.4) is 0 Å². The zero-order chi connectivity index (χ0) is 18.1. The second-order valence-corrected chi connectivity index (χ2v) is 6.19. The molecule has 1 aromatic heterocycles. The van der Waals surface area contributed by atoms with E-state index in [9.17, 15) is 9.59 Å². The third kappa shape index (κ3) is 6.25. The normalized spacial score (nSPS) is 14.9. The Hall–Kier alpha value is -2.31. The smallest absolute Gasteiger partial charge is 0.409 e. The van der Waals surface area contributed by atoms with Crippen LogP contribution in [0.4, 0.5) is 16.3 Å². The molecule has 0 atom stereocenters. The number of carbonyl (C=O) groups excluding carboxylic acids is 2. The fourth-order valence-electron chi connectivity index (χ4n) is 2.75. The summed E-state index contributed by atoms with van der Waals surface area (Å²) >= 11 is 0. The van der Waals surface area contributed by atoms with Gasteiger partial charge in [-0.25, -0.2) is 9.78 Å². The van der Waals surface area contributed by atoms with Crippen LogP contribution in [-0.4, -0.2) is 47.6 Å². The Morgan fingerprint density at radius 1 is 1.28 bits per heavy atom. The summed E-state index contributed by atoms with van der Waals surface area (Å²) in [6.45, 7) is 5.66. The maximum absolute atomic E-state index is 11.7. The number of rotatable bonds is 7. The molecule has 7 nitrogen and oxygen atoms in total. The first-order valence-corrected chi connectivity index (χ1v) is 9.06. The highest BCUT2D eigenvalue weighted by atomic mass is 16.6. The summed E-state index contributed by atoms with van der Waals surface area (Å²) in [5.41, 5.74) is 0.918. The Kier molecular flexibility index (Phi) is 7.50. The number of hydrogen-bond donors (Lipinski definition) is 2. The molecule has 138 valence electrons. The molecule has 1 aliphatic rings. The zero-order valence-electron chi connectivity index (χ0n) is 15.1. The lowest BCUT2D eigenvalue weighted by Crippen LogP contribution is -2.42. The molecule has 1 aliphatic heterocycles. The Balaban J connectivity index is 1.76. The first kappa shape index (κ1) is 19.0. The molecule has 25 heavy (non-hydrogen) atoms. The molecule has 1 aromatic rings. The number of anilines is 2. The number of likely N-dealkylation sites (tertiary alicyclic amines) is 1. The van der Waals surface area contributed by atoms with Gasteiger partial charge in [-0.1, -0.05) is 13.3 Å². The van der Waals surface area contributed by atoms with Gasteiger partial charge in [0.25, 0.3) is 0 Å². The molecule has 0 saturated carbocycles. The molecule has 2 N–H and O–H groups in total. The molecule has 0 spiro atoms. The van der Waals surface area contributed by atoms with Crippen LogP contribution in [0.5, 0.6) is 0 Å². The van der Waals surface area contributed by atoms with Gasteiger partial charge in [0.15, 0.2) is 0 Å². The molecule has 2 amide bonds. The van der Waals surface area contributed by atoms with E-state index in [0.717, 1.165) is 31.4 Å². The number of amides is 2. The van der Waals surface area contributed by atoms with Gasteiger partial charge >= 0.3 is 6.09 Å². The lowest BCUT2D eigenvalue weighted by atomic mass is 10.1. The quantitative estimate of drug-likeness (QED) is 0.790. The van der Waals surface area contributed by atoms with Crippen LogP contribution in [0.2, 0.25) is 0 Å². The highest BCUT2D eigenvalue weighted by Gasteiger charge is 2.23. The number of hydrogen-bond acceptors (Lipinski definition) is 5. The molecule has 0 aliphatic carbocycles. The molecule has 2 rings (SSSR count). The van der Waals surface area contributed by atoms with Crippen LogP contribution in [0.25, 0.3) is 0 Å². The summed E-state index contributed by atoms with van der Waals surface area (Å²) in [5, 5.41) is 6.24. The largest absolute Gasteiger partial charge is 0.450 e. The van der Waals surface area contributed by atoms with Crippen LogP contribution in [0.15, 0.2) is 18.3 Å². The zero-order valence-corrected chi connectivity index (χ0v) is 15.1. The Morgan fingerprint density at radius 2 is 2.04 bits per heavy atom. The minimum Gasteiger partial charge on any atom is -0.450 e. The van der Waals surface area contributed by atoms with Gasteiger partial charge in [-0.2, -0.15) is 0 Å². The van der Waals surface area contributed by atoms with Gasteiger partial charge < -0.3 is 20.3 Å². The third-order valence-corrected chi connectivity index (χ3v) is 4.18. The van der Waals surface area contributed by atoms with Crippen molar-refractivity contribution in [1.82, 2.24) is 9.88 Å². The highest BCUT2D eigenvalue weighted by Crippen LogP contribution is 2.18. The van der Waals surface area contributed by atoms with Gasteiger partial charge in [0, 0.05) is 25.6 Å². The number of nitrogens with one attached hydrogen (secondary N) is 2. The summed E-state index contributed by atoms with van der Waals surface area (Å²) in [6.07, 6.45) is 5.65. The Labute approximate surface area is 149 Å². The summed E-state index contributed by atoms with van der Waals surface area (Å²) in [6, 6.07) is 4.03. The summed E-state index contributed by atoms with van der Waals surface area (Å²) < 4.78 is 5.03. The average Bonchev–Trinajstić information content (AvgIpc) is 2.62. The standard InChI is InChI=1S/C18H28N4O3/c1-3-5-6-17(23)21-16-8-7-15(13-19-16)20-14-9-11-22(12-10-14)18(24)25-4-2/h7-8,13-14,20H,3-6,9-12H2,1-2H3,(H,19,21,23). The van der Waals surface area contributed by atoms with Gasteiger partial charge in [0.05, 0.1) is 18.5 Å². The molecule has 0 bridgehead atoms. The molecule has 1 saturated heterocycles. The summed E-state index contributed by atoms with van der Waals surface area (Å²) in [4.78, 5) is 29.4. The monoisotopic (exact) mass is 348 g/mol. The van der Waals surface area contributed by atoms with E-state index in [2.05, 4.69) is 22.5 Å². The lowest BCUT2D eigenvalue weighted by Gasteiger charge is -2.32. The number of aromatic nitrogens is 1. The van der Waals surface area contributed by atoms with Gasteiger partial charge in [-0.05, 0) is 38.3 Å². The maximum atomic E-state index is 11.7. The fraction of sp³-hybridized carbons (Fsp3) is 0.611. The van der Waals surface area contributed by atoms with Crippen LogP contribution in [0.1, 0.15) is 46.0 Å². The van der Waals surface area contributed by atoms with Crippen molar-refractivity contribution in [2.24, 2.45) is 0 Å². The molecule has 0 unspecified atom stereocenters. The van der Waals surface area contributed by atoms with Crippen molar-refractivity contribution in [2.45, 2.75) is 52.0 Å². The number of piperidine rings is 1. The van der Waals surface area contributed by atoms with Gasteiger partial charge in [0.1, 0.15) is 5.82 Å². The average molecular weight is 348 g/mol. The molecule has 0 radical (unpaired) electrons. The lowest BCUT2D eigenvalue weighted by molar-refractivity contribution is -0.116. The maximum Gasteiger partial charge on any atom is 0.409 e. The number of nitrogens with zero attached hydrogens (tertiary/aromatic N) is 2.